The van der Waals surface area contributed by atoms with Gasteiger partial charge in [-0.2, -0.15) is 0 Å². The third kappa shape index (κ3) is 6.74. The van der Waals surface area contributed by atoms with E-state index in [0.717, 1.165) is 16.0 Å². The van der Waals surface area contributed by atoms with Crippen LogP contribution >= 0.6 is 0 Å². The number of aryl methyl sites for hydroxylation is 1. The molecule has 4 aromatic rings. The van der Waals surface area contributed by atoms with E-state index in [1.165, 1.54) is 26.2 Å². The van der Waals surface area contributed by atoms with Crippen molar-refractivity contribution in [3.63, 3.8) is 0 Å². The maximum Gasteiger partial charge on any atom is 0.299 e. The van der Waals surface area contributed by atoms with Gasteiger partial charge in [-0.25, -0.2) is 0 Å². The minimum atomic E-state index is -1.26. The Morgan fingerprint density at radius 2 is 1.45 bits per heavy atom. The second-order valence-corrected chi connectivity index (χ2v) is 10.8. The molecule has 1 unspecified atom stereocenters. The van der Waals surface area contributed by atoms with Crippen molar-refractivity contribution in [2.45, 2.75) is 19.5 Å². The lowest BCUT2D eigenvalue weighted by Crippen LogP contribution is -2.46. The minimum absolute atomic E-state index is 0.00586. The number of methoxy groups -OCH3 is 4. The number of hydrogen-bond donors (Lipinski definition) is 1. The Kier molecular flexibility index (Phi) is 9.74. The van der Waals surface area contributed by atoms with Crippen LogP contribution in [0.1, 0.15) is 33.1 Å². The smallest absolute Gasteiger partial charge is 0.299 e. The van der Waals surface area contributed by atoms with Crippen LogP contribution in [0.15, 0.2) is 84.9 Å². The van der Waals surface area contributed by atoms with Gasteiger partial charge in [0, 0.05) is 12.2 Å². The maximum absolute atomic E-state index is 14.5. The van der Waals surface area contributed by atoms with Crippen LogP contribution in [0.25, 0.3) is 0 Å². The van der Waals surface area contributed by atoms with Gasteiger partial charge in [0.2, 0.25) is 11.7 Å². The lowest BCUT2D eigenvalue weighted by molar-refractivity contribution is -0.139. The van der Waals surface area contributed by atoms with Gasteiger partial charge < -0.3 is 29.2 Å². The number of rotatable bonds is 12. The van der Waals surface area contributed by atoms with E-state index in [1.54, 1.807) is 67.8 Å². The van der Waals surface area contributed by atoms with Crippen LogP contribution in [-0.2, 0) is 20.9 Å². The van der Waals surface area contributed by atoms with E-state index in [4.69, 9.17) is 18.9 Å². The molecule has 11 heteroatoms. The Morgan fingerprint density at radius 1 is 0.809 bits per heavy atom. The van der Waals surface area contributed by atoms with Crippen LogP contribution in [0.3, 0.4) is 0 Å². The van der Waals surface area contributed by atoms with Crippen molar-refractivity contribution in [1.29, 1.82) is 0 Å². The van der Waals surface area contributed by atoms with Crippen molar-refractivity contribution in [3.8, 4) is 23.0 Å². The predicted molar refractivity (Wildman–Crippen MR) is 175 cm³/mol. The van der Waals surface area contributed by atoms with Gasteiger partial charge in [-0.1, -0.05) is 42.0 Å². The summed E-state index contributed by atoms with van der Waals surface area (Å²) in [4.78, 5) is 57.2. The zero-order valence-electron chi connectivity index (χ0n) is 26.7. The van der Waals surface area contributed by atoms with Gasteiger partial charge >= 0.3 is 0 Å². The average molecular weight is 638 g/mol. The maximum atomic E-state index is 14.5. The largest absolute Gasteiger partial charge is 0.497 e. The standard InChI is InChI=1S/C36H35N3O8/c1-22-10-12-23(13-11-22)20-39(31(40)21-38-28-9-7-6-8-27(28)33(41)36(38)43)32(35(42)37-25-14-16-26(44-2)17-15-25)24-18-29(45-3)34(47-5)30(19-24)46-4/h6-19,32H,20-21H2,1-5H3,(H,37,42). The number of benzene rings is 4. The van der Waals surface area contributed by atoms with Crippen LogP contribution < -0.4 is 29.2 Å². The van der Waals surface area contributed by atoms with Gasteiger partial charge in [0.1, 0.15) is 18.3 Å². The van der Waals surface area contributed by atoms with Gasteiger partial charge in [0.25, 0.3) is 17.6 Å². The molecule has 0 saturated heterocycles. The molecular weight excluding hydrogens is 602 g/mol. The molecule has 0 radical (unpaired) electrons. The number of carbonyl (C=O) groups excluding carboxylic acids is 4. The molecule has 0 saturated carbocycles. The van der Waals surface area contributed by atoms with E-state index in [-0.39, 0.29) is 23.6 Å². The second-order valence-electron chi connectivity index (χ2n) is 10.8. The fraction of sp³-hybridized carbons (Fsp3) is 0.222. The summed E-state index contributed by atoms with van der Waals surface area (Å²) in [5.74, 6) is -1.17. The summed E-state index contributed by atoms with van der Waals surface area (Å²) in [6.45, 7) is 1.46. The van der Waals surface area contributed by atoms with Crippen molar-refractivity contribution in [2.75, 3.05) is 45.2 Å². The van der Waals surface area contributed by atoms with Crippen molar-refractivity contribution >= 4 is 34.9 Å². The minimum Gasteiger partial charge on any atom is -0.497 e. The van der Waals surface area contributed by atoms with Crippen molar-refractivity contribution in [2.24, 2.45) is 0 Å². The van der Waals surface area contributed by atoms with Crippen LogP contribution in [-0.4, -0.2) is 63.4 Å². The Bertz CT molecular complexity index is 1780. The Labute approximate surface area is 272 Å². The summed E-state index contributed by atoms with van der Waals surface area (Å²) in [6, 6.07) is 22.8. The quantitative estimate of drug-likeness (QED) is 0.216. The first-order valence-electron chi connectivity index (χ1n) is 14.7. The van der Waals surface area contributed by atoms with Gasteiger partial charge in [-0.3, -0.25) is 24.1 Å². The van der Waals surface area contributed by atoms with Crippen LogP contribution in [0.5, 0.6) is 23.0 Å². The van der Waals surface area contributed by atoms with Gasteiger partial charge in [0.05, 0.1) is 39.7 Å². The summed E-state index contributed by atoms with van der Waals surface area (Å²) in [7, 11) is 5.92. The fourth-order valence-corrected chi connectivity index (χ4v) is 5.46. The van der Waals surface area contributed by atoms with E-state index < -0.39 is 36.1 Å². The molecule has 0 fully saturated rings. The van der Waals surface area contributed by atoms with Gasteiger partial charge in [-0.05, 0) is 66.6 Å². The van der Waals surface area contributed by atoms with Crippen LogP contribution in [0.2, 0.25) is 0 Å². The Balaban J connectivity index is 1.63. The number of nitrogens with one attached hydrogen (secondary N) is 1. The summed E-state index contributed by atoms with van der Waals surface area (Å²) in [5.41, 5.74) is 3.12. The van der Waals surface area contributed by atoms with Crippen LogP contribution in [0, 0.1) is 6.92 Å². The van der Waals surface area contributed by atoms with E-state index in [1.807, 2.05) is 31.2 Å². The average Bonchev–Trinajstić information content (AvgIpc) is 3.33. The second kappa shape index (κ2) is 14.1. The lowest BCUT2D eigenvalue weighted by atomic mass is 10.0. The number of hydrogen-bond acceptors (Lipinski definition) is 8. The summed E-state index contributed by atoms with van der Waals surface area (Å²) in [5, 5.41) is 2.91. The molecule has 0 aliphatic carbocycles. The molecule has 5 rings (SSSR count). The SMILES string of the molecule is COc1ccc(NC(=O)C(c2cc(OC)c(OC)c(OC)c2)N(Cc2ccc(C)cc2)C(=O)CN2C(=O)C(=O)c3ccccc32)cc1. The number of fused-ring (bicyclic) bond motifs is 1. The number of carbonyl (C=O) groups is 4. The van der Waals surface area contributed by atoms with E-state index in [2.05, 4.69) is 5.32 Å². The highest BCUT2D eigenvalue weighted by atomic mass is 16.5. The molecule has 1 aliphatic rings. The van der Waals surface area contributed by atoms with E-state index in [9.17, 15) is 19.2 Å². The van der Waals surface area contributed by atoms with Crippen molar-refractivity contribution in [1.82, 2.24) is 4.90 Å². The number of anilines is 2. The molecule has 0 spiro atoms. The first kappa shape index (κ1) is 32.6. The summed E-state index contributed by atoms with van der Waals surface area (Å²) < 4.78 is 21.9. The number of ketones is 1. The van der Waals surface area contributed by atoms with Gasteiger partial charge in [-0.15, -0.1) is 0 Å². The zero-order valence-corrected chi connectivity index (χ0v) is 26.7. The highest BCUT2D eigenvalue weighted by molar-refractivity contribution is 6.52. The third-order valence-electron chi connectivity index (χ3n) is 7.89. The summed E-state index contributed by atoms with van der Waals surface area (Å²) >= 11 is 0. The number of amides is 3. The molecule has 1 N–H and O–H groups in total. The van der Waals surface area contributed by atoms with E-state index >= 15 is 0 Å². The number of ether oxygens (including phenoxy) is 4. The fourth-order valence-electron chi connectivity index (χ4n) is 5.46. The first-order valence-corrected chi connectivity index (χ1v) is 14.7. The lowest BCUT2D eigenvalue weighted by Gasteiger charge is -2.33. The Hall–Kier alpha value is -5.84. The zero-order chi connectivity index (χ0) is 33.7. The molecular formula is C36H35N3O8. The third-order valence-corrected chi connectivity index (χ3v) is 7.89. The van der Waals surface area contributed by atoms with Crippen LogP contribution in [0.4, 0.5) is 11.4 Å². The van der Waals surface area contributed by atoms with E-state index in [0.29, 0.717) is 28.4 Å². The topological polar surface area (TPSA) is 124 Å². The molecule has 0 bridgehead atoms. The molecule has 1 atom stereocenters. The number of Topliss-reactive ketones (excluding diaryl/α,β-unsaturated/α-hetero) is 1. The normalized spacial score (nSPS) is 12.7. The predicted octanol–water partition coefficient (Wildman–Crippen LogP) is 4.97. The molecule has 1 aliphatic heterocycles. The molecule has 1 heterocycles. The number of nitrogens with zero attached hydrogens (tertiary/aromatic N) is 2. The molecule has 47 heavy (non-hydrogen) atoms. The highest BCUT2D eigenvalue weighted by Crippen LogP contribution is 2.41. The summed E-state index contributed by atoms with van der Waals surface area (Å²) in [6.07, 6.45) is 0. The molecule has 3 amide bonds. The monoisotopic (exact) mass is 637 g/mol. The number of para-hydroxylation sites is 1. The van der Waals surface area contributed by atoms with Crippen molar-refractivity contribution in [3.05, 3.63) is 107 Å². The molecule has 242 valence electrons. The molecule has 11 nitrogen and oxygen atoms in total. The molecule has 0 aromatic heterocycles. The van der Waals surface area contributed by atoms with Crippen molar-refractivity contribution < 1.29 is 38.1 Å². The Morgan fingerprint density at radius 3 is 2.04 bits per heavy atom. The van der Waals surface area contributed by atoms with Gasteiger partial charge in [0.15, 0.2) is 11.5 Å². The molecule has 4 aromatic carbocycles. The highest BCUT2D eigenvalue weighted by Gasteiger charge is 2.40. The first-order chi connectivity index (χ1) is 22.7.